The second kappa shape index (κ2) is 8.62. The van der Waals surface area contributed by atoms with Crippen molar-refractivity contribution < 1.29 is 4.79 Å². The molecule has 1 atom stereocenters. The van der Waals surface area contributed by atoms with Crippen LogP contribution in [0, 0.1) is 12.8 Å². The molecule has 0 aliphatic rings. The molecule has 1 amide bonds. The lowest BCUT2D eigenvalue weighted by molar-refractivity contribution is -0.115. The Balaban J connectivity index is 1.79. The van der Waals surface area contributed by atoms with E-state index in [1.165, 1.54) is 23.1 Å². The SMILES string of the molecule is Cc1csc(NC(=O)[C@H](C)Sc2nnc(-c3cccnc3)n2CC(C)C)n1. The van der Waals surface area contributed by atoms with Crippen molar-refractivity contribution in [1.29, 1.82) is 0 Å². The van der Waals surface area contributed by atoms with Crippen molar-refractivity contribution in [2.75, 3.05) is 5.32 Å². The van der Waals surface area contributed by atoms with E-state index in [0.717, 1.165) is 28.8 Å². The molecule has 7 nitrogen and oxygen atoms in total. The molecule has 1 N–H and O–H groups in total. The average Bonchev–Trinajstić information content (AvgIpc) is 3.21. The largest absolute Gasteiger partial charge is 0.302 e. The van der Waals surface area contributed by atoms with Crippen LogP contribution in [0.15, 0.2) is 35.1 Å². The van der Waals surface area contributed by atoms with Gasteiger partial charge in [-0.1, -0.05) is 25.6 Å². The highest BCUT2D eigenvalue weighted by molar-refractivity contribution is 8.00. The Morgan fingerprint density at radius 3 is 2.78 bits per heavy atom. The van der Waals surface area contributed by atoms with Crippen molar-refractivity contribution in [3.63, 3.8) is 0 Å². The zero-order valence-electron chi connectivity index (χ0n) is 15.7. The third-order valence-electron chi connectivity index (χ3n) is 3.68. The van der Waals surface area contributed by atoms with Crippen molar-refractivity contribution in [2.24, 2.45) is 5.92 Å². The molecule has 3 aromatic rings. The van der Waals surface area contributed by atoms with Gasteiger partial charge in [-0.3, -0.25) is 9.78 Å². The number of hydrogen-bond donors (Lipinski definition) is 1. The van der Waals surface area contributed by atoms with Crippen LogP contribution in [0.5, 0.6) is 0 Å². The summed E-state index contributed by atoms with van der Waals surface area (Å²) in [6.07, 6.45) is 3.51. The zero-order chi connectivity index (χ0) is 19.4. The van der Waals surface area contributed by atoms with E-state index < -0.39 is 0 Å². The zero-order valence-corrected chi connectivity index (χ0v) is 17.3. The number of carbonyl (C=O) groups is 1. The lowest BCUT2D eigenvalue weighted by Gasteiger charge is -2.14. The minimum atomic E-state index is -0.328. The fourth-order valence-corrected chi connectivity index (χ4v) is 3.99. The van der Waals surface area contributed by atoms with Crippen LogP contribution in [0.1, 0.15) is 26.5 Å². The Labute approximate surface area is 166 Å². The van der Waals surface area contributed by atoms with Crippen LogP contribution >= 0.6 is 23.1 Å². The molecule has 0 saturated carbocycles. The van der Waals surface area contributed by atoms with Gasteiger partial charge in [0, 0.05) is 29.9 Å². The number of aryl methyl sites for hydroxylation is 1. The maximum Gasteiger partial charge on any atom is 0.239 e. The summed E-state index contributed by atoms with van der Waals surface area (Å²) >= 11 is 2.82. The molecule has 0 bridgehead atoms. The lowest BCUT2D eigenvalue weighted by atomic mass is 10.2. The van der Waals surface area contributed by atoms with Crippen LogP contribution in [0.2, 0.25) is 0 Å². The third-order valence-corrected chi connectivity index (χ3v) is 5.64. The number of hydrogen-bond acceptors (Lipinski definition) is 7. The molecular weight excluding hydrogens is 380 g/mol. The molecule has 3 aromatic heterocycles. The minimum Gasteiger partial charge on any atom is -0.302 e. The summed E-state index contributed by atoms with van der Waals surface area (Å²) in [6.45, 7) is 8.81. The molecule has 0 unspecified atom stereocenters. The monoisotopic (exact) mass is 402 g/mol. The number of rotatable bonds is 7. The van der Waals surface area contributed by atoms with Crippen LogP contribution in [-0.2, 0) is 11.3 Å². The summed E-state index contributed by atoms with van der Waals surface area (Å²) in [5, 5.41) is 14.5. The Morgan fingerprint density at radius 2 is 2.15 bits per heavy atom. The van der Waals surface area contributed by atoms with Gasteiger partial charge >= 0.3 is 0 Å². The van der Waals surface area contributed by atoms with Gasteiger partial charge in [0.05, 0.1) is 10.9 Å². The molecule has 0 aliphatic carbocycles. The number of nitrogens with zero attached hydrogens (tertiary/aromatic N) is 5. The molecular formula is C18H22N6OS2. The fourth-order valence-electron chi connectivity index (χ4n) is 2.44. The fraction of sp³-hybridized carbons (Fsp3) is 0.389. The van der Waals surface area contributed by atoms with E-state index in [2.05, 4.69) is 43.9 Å². The third kappa shape index (κ3) is 4.92. The molecule has 0 aromatic carbocycles. The Kier molecular flexibility index (Phi) is 6.22. The highest BCUT2D eigenvalue weighted by atomic mass is 32.2. The van der Waals surface area contributed by atoms with Gasteiger partial charge in [0.1, 0.15) is 0 Å². The molecule has 142 valence electrons. The first kappa shape index (κ1) is 19.5. The predicted molar refractivity (Wildman–Crippen MR) is 109 cm³/mol. The van der Waals surface area contributed by atoms with Gasteiger partial charge in [-0.15, -0.1) is 21.5 Å². The summed E-state index contributed by atoms with van der Waals surface area (Å²) in [7, 11) is 0. The van der Waals surface area contributed by atoms with Gasteiger partial charge in [0.15, 0.2) is 16.1 Å². The quantitative estimate of drug-likeness (QED) is 0.604. The highest BCUT2D eigenvalue weighted by Gasteiger charge is 2.22. The molecule has 0 fully saturated rings. The average molecular weight is 403 g/mol. The molecule has 0 radical (unpaired) electrons. The minimum absolute atomic E-state index is 0.101. The van der Waals surface area contributed by atoms with E-state index >= 15 is 0 Å². The summed E-state index contributed by atoms with van der Waals surface area (Å²) in [4.78, 5) is 21.0. The maximum atomic E-state index is 12.5. The number of thioether (sulfide) groups is 1. The van der Waals surface area contributed by atoms with E-state index in [1.807, 2.05) is 31.4 Å². The molecule has 3 heterocycles. The lowest BCUT2D eigenvalue weighted by Crippen LogP contribution is -2.23. The standard InChI is InChI=1S/C18H22N6OS2/c1-11(2)9-24-15(14-6-5-7-19-8-14)22-23-18(24)27-13(4)16(25)21-17-20-12(3)10-26-17/h5-8,10-11,13H,9H2,1-4H3,(H,20,21,25)/t13-/m0/s1. The maximum absolute atomic E-state index is 12.5. The Bertz CT molecular complexity index is 906. The van der Waals surface area contributed by atoms with Gasteiger partial charge in [-0.05, 0) is 31.9 Å². The number of aromatic nitrogens is 5. The number of amides is 1. The van der Waals surface area contributed by atoms with Crippen molar-refractivity contribution >= 4 is 34.1 Å². The van der Waals surface area contributed by atoms with Gasteiger partial charge in [0.25, 0.3) is 0 Å². The predicted octanol–water partition coefficient (Wildman–Crippen LogP) is 3.88. The molecule has 27 heavy (non-hydrogen) atoms. The van der Waals surface area contributed by atoms with Gasteiger partial charge < -0.3 is 9.88 Å². The molecule has 0 aliphatic heterocycles. The van der Waals surface area contributed by atoms with Gasteiger partial charge in [-0.2, -0.15) is 0 Å². The normalized spacial score (nSPS) is 12.3. The van der Waals surface area contributed by atoms with Crippen molar-refractivity contribution in [3.05, 3.63) is 35.6 Å². The van der Waals surface area contributed by atoms with Crippen molar-refractivity contribution in [2.45, 2.75) is 44.6 Å². The second-order valence-electron chi connectivity index (χ2n) is 6.60. The molecule has 0 saturated heterocycles. The molecule has 0 spiro atoms. The summed E-state index contributed by atoms with van der Waals surface area (Å²) in [5.74, 6) is 1.08. The van der Waals surface area contributed by atoms with Crippen LogP contribution in [-0.4, -0.2) is 35.9 Å². The first-order valence-electron chi connectivity index (χ1n) is 8.67. The van der Waals surface area contributed by atoms with Gasteiger partial charge in [0.2, 0.25) is 5.91 Å². The van der Waals surface area contributed by atoms with Crippen LogP contribution < -0.4 is 5.32 Å². The van der Waals surface area contributed by atoms with Crippen molar-refractivity contribution in [1.82, 2.24) is 24.7 Å². The molecule has 3 rings (SSSR count). The van der Waals surface area contributed by atoms with E-state index in [0.29, 0.717) is 11.0 Å². The number of thiazole rings is 1. The first-order valence-corrected chi connectivity index (χ1v) is 10.4. The van der Waals surface area contributed by atoms with Gasteiger partial charge in [-0.25, -0.2) is 4.98 Å². The highest BCUT2D eigenvalue weighted by Crippen LogP contribution is 2.28. The van der Waals surface area contributed by atoms with Crippen LogP contribution in [0.4, 0.5) is 5.13 Å². The van der Waals surface area contributed by atoms with Crippen molar-refractivity contribution in [3.8, 4) is 11.4 Å². The smallest absolute Gasteiger partial charge is 0.239 e. The topological polar surface area (TPSA) is 85.6 Å². The van der Waals surface area contributed by atoms with Crippen LogP contribution in [0.25, 0.3) is 11.4 Å². The number of nitrogens with one attached hydrogen (secondary N) is 1. The molecule has 9 heteroatoms. The number of anilines is 1. The van der Waals surface area contributed by atoms with E-state index in [4.69, 9.17) is 0 Å². The summed E-state index contributed by atoms with van der Waals surface area (Å²) < 4.78 is 2.06. The summed E-state index contributed by atoms with van der Waals surface area (Å²) in [5.41, 5.74) is 1.81. The second-order valence-corrected chi connectivity index (χ2v) is 8.76. The summed E-state index contributed by atoms with van der Waals surface area (Å²) in [6, 6.07) is 3.84. The number of pyridine rings is 1. The van der Waals surface area contributed by atoms with E-state index in [1.54, 1.807) is 12.4 Å². The number of carbonyl (C=O) groups excluding carboxylic acids is 1. The first-order chi connectivity index (χ1) is 12.9. The van der Waals surface area contributed by atoms with E-state index in [-0.39, 0.29) is 11.2 Å². The Hall–Kier alpha value is -2.26. The van der Waals surface area contributed by atoms with E-state index in [9.17, 15) is 4.79 Å². The Morgan fingerprint density at radius 1 is 1.33 bits per heavy atom. The van der Waals surface area contributed by atoms with Crippen LogP contribution in [0.3, 0.4) is 0 Å².